The molecule has 1 unspecified atom stereocenters. The van der Waals surface area contributed by atoms with Crippen LogP contribution >= 0.6 is 12.4 Å². The quantitative estimate of drug-likeness (QED) is 0.699. The first-order valence-corrected chi connectivity index (χ1v) is 5.22. The van der Waals surface area contributed by atoms with Crippen molar-refractivity contribution in [3.63, 3.8) is 0 Å². The van der Waals surface area contributed by atoms with Crippen molar-refractivity contribution in [2.45, 2.75) is 32.6 Å². The number of hydrogen-bond donors (Lipinski definition) is 1. The first kappa shape index (κ1) is 13.2. The van der Waals surface area contributed by atoms with Crippen LogP contribution < -0.4 is 5.32 Å². The average Bonchev–Trinajstić information content (AvgIpc) is 2.14. The Kier molecular flexibility index (Phi) is 8.93. The third-order valence-electron chi connectivity index (χ3n) is 2.39. The number of ether oxygens (including phenoxy) is 1. The largest absolute Gasteiger partial charge is 0.381 e. The van der Waals surface area contributed by atoms with Gasteiger partial charge in [0.2, 0.25) is 0 Å². The van der Waals surface area contributed by atoms with Crippen LogP contribution in [-0.2, 0) is 4.74 Å². The Morgan fingerprint density at radius 2 is 2.31 bits per heavy atom. The van der Waals surface area contributed by atoms with Crippen molar-refractivity contribution >= 4 is 12.4 Å². The first-order valence-electron chi connectivity index (χ1n) is 5.22. The van der Waals surface area contributed by atoms with Gasteiger partial charge in [-0.1, -0.05) is 13.3 Å². The van der Waals surface area contributed by atoms with Crippen molar-refractivity contribution in [3.05, 3.63) is 0 Å². The monoisotopic (exact) mass is 207 g/mol. The van der Waals surface area contributed by atoms with Gasteiger partial charge in [-0.3, -0.25) is 0 Å². The summed E-state index contributed by atoms with van der Waals surface area (Å²) in [6, 6.07) is 0. The van der Waals surface area contributed by atoms with Gasteiger partial charge in [-0.2, -0.15) is 0 Å². The van der Waals surface area contributed by atoms with Gasteiger partial charge in [0.25, 0.3) is 0 Å². The molecular formula is C10H22ClNO. The molecule has 1 atom stereocenters. The third kappa shape index (κ3) is 6.30. The molecule has 1 N–H and O–H groups in total. The Morgan fingerprint density at radius 1 is 1.46 bits per heavy atom. The van der Waals surface area contributed by atoms with Crippen LogP contribution in [0.4, 0.5) is 0 Å². The zero-order valence-corrected chi connectivity index (χ0v) is 9.37. The van der Waals surface area contributed by atoms with Gasteiger partial charge in [0.05, 0.1) is 6.61 Å². The van der Waals surface area contributed by atoms with Gasteiger partial charge in [-0.05, 0) is 31.7 Å². The predicted octanol–water partition coefficient (Wildman–Crippen LogP) is 2.22. The van der Waals surface area contributed by atoms with Gasteiger partial charge in [-0.25, -0.2) is 0 Å². The lowest BCUT2D eigenvalue weighted by Gasteiger charge is -2.22. The van der Waals surface area contributed by atoms with Crippen LogP contribution in [0.3, 0.4) is 0 Å². The van der Waals surface area contributed by atoms with Crippen molar-refractivity contribution in [3.8, 4) is 0 Å². The number of hydrogen-bond acceptors (Lipinski definition) is 2. The van der Waals surface area contributed by atoms with Crippen LogP contribution in [0, 0.1) is 5.92 Å². The lowest BCUT2D eigenvalue weighted by Crippen LogP contribution is -2.32. The Morgan fingerprint density at radius 3 is 2.92 bits per heavy atom. The van der Waals surface area contributed by atoms with Gasteiger partial charge in [0.15, 0.2) is 0 Å². The summed E-state index contributed by atoms with van der Waals surface area (Å²) in [5.41, 5.74) is 0. The molecule has 13 heavy (non-hydrogen) atoms. The smallest absolute Gasteiger partial charge is 0.0506 e. The van der Waals surface area contributed by atoms with Crippen molar-refractivity contribution in [2.75, 3.05) is 26.3 Å². The molecule has 3 heteroatoms. The lowest BCUT2D eigenvalue weighted by atomic mass is 10.0. The molecule has 0 aliphatic carbocycles. The zero-order valence-electron chi connectivity index (χ0n) is 8.55. The van der Waals surface area contributed by atoms with Crippen LogP contribution in [0.5, 0.6) is 0 Å². The highest BCUT2D eigenvalue weighted by atomic mass is 35.5. The minimum Gasteiger partial charge on any atom is -0.381 e. The summed E-state index contributed by atoms with van der Waals surface area (Å²) in [7, 11) is 0. The molecule has 0 amide bonds. The van der Waals surface area contributed by atoms with Crippen LogP contribution in [0.2, 0.25) is 0 Å². The molecule has 1 aliphatic heterocycles. The number of nitrogens with one attached hydrogen (secondary N) is 1. The SMILES string of the molecule is CCCCOCC1CCCNC1.Cl. The summed E-state index contributed by atoms with van der Waals surface area (Å²) in [6.45, 7) is 6.48. The number of rotatable bonds is 5. The molecule has 0 aromatic rings. The highest BCUT2D eigenvalue weighted by Crippen LogP contribution is 2.09. The summed E-state index contributed by atoms with van der Waals surface area (Å²) in [6.07, 6.45) is 5.12. The van der Waals surface area contributed by atoms with Gasteiger partial charge in [0, 0.05) is 13.2 Å². The zero-order chi connectivity index (χ0) is 8.65. The van der Waals surface area contributed by atoms with Crippen molar-refractivity contribution in [1.82, 2.24) is 5.32 Å². The standard InChI is InChI=1S/C10H21NO.ClH/c1-2-3-7-12-9-10-5-4-6-11-8-10;/h10-11H,2-9H2,1H3;1H. The second-order valence-corrected chi connectivity index (χ2v) is 3.64. The van der Waals surface area contributed by atoms with Crippen LogP contribution in [0.15, 0.2) is 0 Å². The molecule has 1 aliphatic rings. The van der Waals surface area contributed by atoms with E-state index in [-0.39, 0.29) is 12.4 Å². The lowest BCUT2D eigenvalue weighted by molar-refractivity contribution is 0.0878. The van der Waals surface area contributed by atoms with E-state index in [1.165, 1.54) is 32.2 Å². The van der Waals surface area contributed by atoms with E-state index in [0.29, 0.717) is 0 Å². The first-order chi connectivity index (χ1) is 5.93. The van der Waals surface area contributed by atoms with E-state index < -0.39 is 0 Å². The molecule has 1 fully saturated rings. The molecule has 1 heterocycles. The number of piperidine rings is 1. The van der Waals surface area contributed by atoms with Gasteiger partial charge in [0.1, 0.15) is 0 Å². The van der Waals surface area contributed by atoms with E-state index in [4.69, 9.17) is 4.74 Å². The Labute approximate surface area is 87.8 Å². The fraction of sp³-hybridized carbons (Fsp3) is 1.00. The summed E-state index contributed by atoms with van der Waals surface area (Å²) in [5.74, 6) is 0.774. The minimum absolute atomic E-state index is 0. The molecule has 0 aromatic carbocycles. The summed E-state index contributed by atoms with van der Waals surface area (Å²) >= 11 is 0. The van der Waals surface area contributed by atoms with Gasteiger partial charge < -0.3 is 10.1 Å². The summed E-state index contributed by atoms with van der Waals surface area (Å²) in [5, 5.41) is 3.40. The van der Waals surface area contributed by atoms with E-state index >= 15 is 0 Å². The summed E-state index contributed by atoms with van der Waals surface area (Å²) in [4.78, 5) is 0. The molecule has 1 rings (SSSR count). The van der Waals surface area contributed by atoms with Crippen molar-refractivity contribution < 1.29 is 4.74 Å². The number of halogens is 1. The summed E-state index contributed by atoms with van der Waals surface area (Å²) < 4.78 is 5.57. The molecule has 0 aromatic heterocycles. The maximum Gasteiger partial charge on any atom is 0.0506 e. The molecule has 0 saturated carbocycles. The maximum atomic E-state index is 5.57. The second-order valence-electron chi connectivity index (χ2n) is 3.64. The third-order valence-corrected chi connectivity index (χ3v) is 2.39. The topological polar surface area (TPSA) is 21.3 Å². The maximum absolute atomic E-state index is 5.57. The van der Waals surface area contributed by atoms with E-state index in [0.717, 1.165) is 25.7 Å². The van der Waals surface area contributed by atoms with Gasteiger partial charge in [-0.15, -0.1) is 12.4 Å². The fourth-order valence-corrected chi connectivity index (χ4v) is 1.56. The Hall–Kier alpha value is 0.210. The Bertz CT molecular complexity index is 105. The van der Waals surface area contributed by atoms with Crippen LogP contribution in [0.25, 0.3) is 0 Å². The molecule has 2 nitrogen and oxygen atoms in total. The minimum atomic E-state index is 0. The second kappa shape index (κ2) is 8.79. The van der Waals surface area contributed by atoms with E-state index in [1.807, 2.05) is 0 Å². The molecule has 1 saturated heterocycles. The molecule has 0 spiro atoms. The molecule has 0 radical (unpaired) electrons. The highest BCUT2D eigenvalue weighted by Gasteiger charge is 2.12. The van der Waals surface area contributed by atoms with Crippen molar-refractivity contribution in [1.29, 1.82) is 0 Å². The molecular weight excluding hydrogens is 186 g/mol. The highest BCUT2D eigenvalue weighted by molar-refractivity contribution is 5.85. The molecule has 80 valence electrons. The predicted molar refractivity (Wildman–Crippen MR) is 58.6 cm³/mol. The van der Waals surface area contributed by atoms with Gasteiger partial charge >= 0.3 is 0 Å². The van der Waals surface area contributed by atoms with Crippen molar-refractivity contribution in [2.24, 2.45) is 5.92 Å². The molecule has 0 bridgehead atoms. The van der Waals surface area contributed by atoms with E-state index in [1.54, 1.807) is 0 Å². The van der Waals surface area contributed by atoms with Crippen LogP contribution in [-0.4, -0.2) is 26.3 Å². The number of unbranched alkanes of at least 4 members (excludes halogenated alkanes) is 1. The average molecular weight is 208 g/mol. The fourth-order valence-electron chi connectivity index (χ4n) is 1.56. The van der Waals surface area contributed by atoms with E-state index in [9.17, 15) is 0 Å². The normalized spacial score (nSPS) is 22.4. The van der Waals surface area contributed by atoms with E-state index in [2.05, 4.69) is 12.2 Å². The van der Waals surface area contributed by atoms with Crippen LogP contribution in [0.1, 0.15) is 32.6 Å². The Balaban J connectivity index is 0.00000144.